The fourth-order valence-corrected chi connectivity index (χ4v) is 2.13. The third-order valence-corrected chi connectivity index (χ3v) is 3.11. The largest absolute Gasteiger partial charge is 0.448 e. The van der Waals surface area contributed by atoms with Crippen molar-refractivity contribution in [3.05, 3.63) is 11.3 Å². The smallest absolute Gasteiger partial charge is 0.436 e. The van der Waals surface area contributed by atoms with E-state index in [9.17, 15) is 4.79 Å². The maximum absolute atomic E-state index is 11.6. The van der Waals surface area contributed by atoms with Crippen LogP contribution in [-0.4, -0.2) is 22.5 Å². The number of hydrogen-bond donors (Lipinski definition) is 1. The van der Waals surface area contributed by atoms with Crippen molar-refractivity contribution in [2.75, 3.05) is 12.3 Å². The average molecular weight is 223 g/mol. The van der Waals surface area contributed by atoms with Gasteiger partial charge in [-0.1, -0.05) is 13.8 Å². The Morgan fingerprint density at radius 2 is 2.31 bits per heavy atom. The number of carbonyl (C=O) groups is 1. The van der Waals surface area contributed by atoms with Gasteiger partial charge < -0.3 is 10.5 Å². The van der Waals surface area contributed by atoms with Crippen LogP contribution in [-0.2, 0) is 16.6 Å². The highest BCUT2D eigenvalue weighted by Gasteiger charge is 2.36. The van der Waals surface area contributed by atoms with Crippen molar-refractivity contribution >= 4 is 11.9 Å². The molecule has 88 valence electrons. The highest BCUT2D eigenvalue weighted by Crippen LogP contribution is 2.39. The first kappa shape index (κ1) is 11.0. The maximum Gasteiger partial charge on any atom is 0.436 e. The molecule has 0 amide bonds. The van der Waals surface area contributed by atoms with Gasteiger partial charge in [0.15, 0.2) is 0 Å². The van der Waals surface area contributed by atoms with Crippen molar-refractivity contribution in [1.82, 2.24) is 9.78 Å². The van der Waals surface area contributed by atoms with E-state index in [2.05, 4.69) is 18.9 Å². The minimum Gasteiger partial charge on any atom is -0.448 e. The monoisotopic (exact) mass is 223 g/mol. The van der Waals surface area contributed by atoms with Crippen molar-refractivity contribution in [3.63, 3.8) is 0 Å². The van der Waals surface area contributed by atoms with Gasteiger partial charge in [0.05, 0.1) is 12.3 Å². The van der Waals surface area contributed by atoms with E-state index in [4.69, 9.17) is 10.5 Å². The van der Waals surface area contributed by atoms with E-state index in [1.807, 2.05) is 0 Å². The molecule has 5 heteroatoms. The van der Waals surface area contributed by atoms with Gasteiger partial charge in [0.1, 0.15) is 5.82 Å². The second-order valence-electron chi connectivity index (χ2n) is 4.71. The molecule has 0 aromatic carbocycles. The molecule has 16 heavy (non-hydrogen) atoms. The predicted octanol–water partition coefficient (Wildman–Crippen LogP) is 1.69. The highest BCUT2D eigenvalue weighted by molar-refractivity contribution is 5.75. The van der Waals surface area contributed by atoms with E-state index in [0.29, 0.717) is 12.4 Å². The van der Waals surface area contributed by atoms with Crippen LogP contribution in [0.5, 0.6) is 0 Å². The normalized spacial score (nSPS) is 17.2. The van der Waals surface area contributed by atoms with Gasteiger partial charge in [-0.2, -0.15) is 5.10 Å². The van der Waals surface area contributed by atoms with Gasteiger partial charge in [0.25, 0.3) is 0 Å². The predicted molar refractivity (Wildman–Crippen MR) is 60.4 cm³/mol. The van der Waals surface area contributed by atoms with Crippen LogP contribution in [0.4, 0.5) is 10.6 Å². The first-order chi connectivity index (χ1) is 7.47. The zero-order chi connectivity index (χ0) is 11.9. The number of aromatic nitrogens is 2. The number of nitrogens with two attached hydrogens (primary N) is 1. The lowest BCUT2D eigenvalue weighted by atomic mass is 9.91. The molecule has 0 saturated heterocycles. The van der Waals surface area contributed by atoms with Crippen LogP contribution in [0.3, 0.4) is 0 Å². The molecule has 5 nitrogen and oxygen atoms in total. The van der Waals surface area contributed by atoms with Crippen LogP contribution in [0.25, 0.3) is 0 Å². The first-order valence-electron chi connectivity index (χ1n) is 5.52. The molecule has 1 aromatic heterocycles. The van der Waals surface area contributed by atoms with Gasteiger partial charge in [0, 0.05) is 11.0 Å². The molecule has 0 atom stereocenters. The molecular formula is C11H17N3O2. The van der Waals surface area contributed by atoms with Gasteiger partial charge in [-0.05, 0) is 19.8 Å². The summed E-state index contributed by atoms with van der Waals surface area (Å²) in [5.41, 5.74) is 7.83. The molecule has 1 aliphatic rings. The molecule has 1 heterocycles. The van der Waals surface area contributed by atoms with Crippen molar-refractivity contribution in [3.8, 4) is 0 Å². The number of fused-ring (bicyclic) bond motifs is 1. The van der Waals surface area contributed by atoms with E-state index in [1.165, 1.54) is 4.68 Å². The van der Waals surface area contributed by atoms with Crippen LogP contribution in [0.15, 0.2) is 0 Å². The molecule has 1 aliphatic carbocycles. The molecule has 0 saturated carbocycles. The third kappa shape index (κ3) is 1.47. The standard InChI is InChI=1S/C11H17N3O2/c1-4-16-10(15)14-9(12)7-5-6-11(2,3)8(7)13-14/h4-6,12H2,1-3H3. The Kier molecular flexibility index (Phi) is 2.40. The second-order valence-corrected chi connectivity index (χ2v) is 4.71. The number of hydrogen-bond acceptors (Lipinski definition) is 4. The van der Waals surface area contributed by atoms with Crippen molar-refractivity contribution < 1.29 is 9.53 Å². The summed E-state index contributed by atoms with van der Waals surface area (Å²) < 4.78 is 6.07. The van der Waals surface area contributed by atoms with Crippen molar-refractivity contribution in [2.24, 2.45) is 0 Å². The number of nitrogen functional groups attached to an aromatic ring is 1. The van der Waals surface area contributed by atoms with Crippen molar-refractivity contribution in [2.45, 2.75) is 39.0 Å². The fourth-order valence-electron chi connectivity index (χ4n) is 2.13. The zero-order valence-corrected chi connectivity index (χ0v) is 9.91. The number of anilines is 1. The minimum absolute atomic E-state index is 0.00119. The van der Waals surface area contributed by atoms with E-state index in [-0.39, 0.29) is 5.41 Å². The number of carbonyl (C=O) groups excluding carboxylic acids is 1. The Morgan fingerprint density at radius 1 is 1.62 bits per heavy atom. The lowest BCUT2D eigenvalue weighted by Crippen LogP contribution is -2.20. The van der Waals surface area contributed by atoms with Gasteiger partial charge in [-0.25, -0.2) is 4.79 Å². The molecule has 0 unspecified atom stereocenters. The summed E-state index contributed by atoms with van der Waals surface area (Å²) in [5, 5.41) is 4.28. The number of rotatable bonds is 1. The zero-order valence-electron chi connectivity index (χ0n) is 9.91. The lowest BCUT2D eigenvalue weighted by molar-refractivity contribution is 0.150. The Balaban J connectivity index is 2.42. The van der Waals surface area contributed by atoms with Gasteiger partial charge in [-0.15, -0.1) is 4.68 Å². The molecule has 2 N–H and O–H groups in total. The Morgan fingerprint density at radius 3 is 2.88 bits per heavy atom. The van der Waals surface area contributed by atoms with E-state index >= 15 is 0 Å². The van der Waals surface area contributed by atoms with Crippen LogP contribution < -0.4 is 5.73 Å². The number of ether oxygens (including phenoxy) is 1. The fraction of sp³-hybridized carbons (Fsp3) is 0.636. The summed E-state index contributed by atoms with van der Waals surface area (Å²) in [6, 6.07) is 0. The second kappa shape index (κ2) is 3.50. The molecule has 0 aliphatic heterocycles. The molecule has 0 radical (unpaired) electrons. The SMILES string of the molecule is CCOC(=O)n1nc2c(c1N)CCC2(C)C. The van der Waals surface area contributed by atoms with Gasteiger partial charge >= 0.3 is 6.09 Å². The highest BCUT2D eigenvalue weighted by atomic mass is 16.6. The molecule has 2 rings (SSSR count). The first-order valence-corrected chi connectivity index (χ1v) is 5.52. The quantitative estimate of drug-likeness (QED) is 0.786. The summed E-state index contributed by atoms with van der Waals surface area (Å²) in [4.78, 5) is 11.6. The maximum atomic E-state index is 11.6. The Bertz CT molecular complexity index is 435. The molecule has 0 spiro atoms. The molecule has 0 bridgehead atoms. The van der Waals surface area contributed by atoms with E-state index in [1.54, 1.807) is 6.92 Å². The van der Waals surface area contributed by atoms with Crippen LogP contribution in [0, 0.1) is 0 Å². The summed E-state index contributed by atoms with van der Waals surface area (Å²) in [7, 11) is 0. The molecular weight excluding hydrogens is 206 g/mol. The third-order valence-electron chi connectivity index (χ3n) is 3.11. The number of nitrogens with zero attached hydrogens (tertiary/aromatic N) is 2. The van der Waals surface area contributed by atoms with E-state index in [0.717, 1.165) is 24.1 Å². The Labute approximate surface area is 94.6 Å². The average Bonchev–Trinajstić information content (AvgIpc) is 2.67. The molecule has 0 fully saturated rings. The van der Waals surface area contributed by atoms with Crippen molar-refractivity contribution in [1.29, 1.82) is 0 Å². The summed E-state index contributed by atoms with van der Waals surface area (Å²) in [6.07, 6.45) is 1.41. The van der Waals surface area contributed by atoms with Gasteiger partial charge in [-0.3, -0.25) is 0 Å². The lowest BCUT2D eigenvalue weighted by Gasteiger charge is -2.15. The topological polar surface area (TPSA) is 70.1 Å². The Hall–Kier alpha value is -1.52. The van der Waals surface area contributed by atoms with Crippen LogP contribution >= 0.6 is 0 Å². The summed E-state index contributed by atoms with van der Waals surface area (Å²) in [6.45, 7) is 6.31. The molecule has 1 aromatic rings. The van der Waals surface area contributed by atoms with E-state index < -0.39 is 6.09 Å². The summed E-state index contributed by atoms with van der Waals surface area (Å²) >= 11 is 0. The van der Waals surface area contributed by atoms with Crippen LogP contribution in [0.2, 0.25) is 0 Å². The van der Waals surface area contributed by atoms with Crippen LogP contribution in [0.1, 0.15) is 38.4 Å². The summed E-state index contributed by atoms with van der Waals surface area (Å²) in [5.74, 6) is 0.430. The van der Waals surface area contributed by atoms with Gasteiger partial charge in [0.2, 0.25) is 0 Å². The minimum atomic E-state index is -0.495.